The van der Waals surface area contributed by atoms with Gasteiger partial charge in [-0.05, 0) is 62.7 Å². The molecule has 0 aliphatic heterocycles. The van der Waals surface area contributed by atoms with Crippen LogP contribution in [0.25, 0.3) is 11.4 Å². The van der Waals surface area contributed by atoms with Crippen molar-refractivity contribution in [3.63, 3.8) is 0 Å². The molecular weight excluding hydrogens is 410 g/mol. The topological polar surface area (TPSA) is 130 Å². The Balaban J connectivity index is 1.85. The van der Waals surface area contributed by atoms with E-state index in [1.807, 2.05) is 31.2 Å². The molecule has 1 atom stereocenters. The van der Waals surface area contributed by atoms with Gasteiger partial charge in [0.15, 0.2) is 20.8 Å². The van der Waals surface area contributed by atoms with Gasteiger partial charge in [0.25, 0.3) is 0 Å². The number of sulfone groups is 1. The van der Waals surface area contributed by atoms with Crippen LogP contribution in [0.15, 0.2) is 30.3 Å². The molecule has 1 aromatic carbocycles. The molecule has 2 aromatic rings. The van der Waals surface area contributed by atoms with Crippen LogP contribution in [0.5, 0.6) is 0 Å². The SMILES string of the molecule is C[C@H](CO)NC(=S)Nc1ccc(-c2nc(N)cc(C3(S(C)(=O)=O)CCC3)n2)cc1. The quantitative estimate of drug-likeness (QED) is 0.502. The van der Waals surface area contributed by atoms with Crippen molar-refractivity contribution in [1.29, 1.82) is 0 Å². The molecule has 1 heterocycles. The van der Waals surface area contributed by atoms with Gasteiger partial charge >= 0.3 is 0 Å². The molecule has 0 bridgehead atoms. The standard InChI is InChI=1S/C19H25N5O3S2/c1-12(11-25)21-18(28)22-14-6-4-13(5-7-14)17-23-15(10-16(20)24-17)19(8-3-9-19)29(2,26)27/h4-7,10,12,25H,3,8-9,11H2,1-2H3,(H2,20,23,24)(H2,21,22,28)/t12-/m1/s1. The van der Waals surface area contributed by atoms with E-state index in [2.05, 4.69) is 20.6 Å². The summed E-state index contributed by atoms with van der Waals surface area (Å²) in [5.74, 6) is 0.626. The van der Waals surface area contributed by atoms with Crippen LogP contribution in [-0.2, 0) is 14.6 Å². The van der Waals surface area contributed by atoms with Crippen LogP contribution in [0.2, 0.25) is 0 Å². The van der Waals surface area contributed by atoms with Crippen molar-refractivity contribution < 1.29 is 13.5 Å². The number of nitrogens with zero attached hydrogens (tertiary/aromatic N) is 2. The van der Waals surface area contributed by atoms with Crippen molar-refractivity contribution in [2.75, 3.05) is 23.9 Å². The zero-order valence-corrected chi connectivity index (χ0v) is 18.0. The molecule has 3 rings (SSSR count). The van der Waals surface area contributed by atoms with Gasteiger partial charge in [0, 0.05) is 29.6 Å². The zero-order chi connectivity index (χ0) is 21.2. The lowest BCUT2D eigenvalue weighted by Gasteiger charge is -2.39. The highest BCUT2D eigenvalue weighted by atomic mass is 32.2. The Morgan fingerprint density at radius 3 is 2.48 bits per heavy atom. The Hall–Kier alpha value is -2.30. The van der Waals surface area contributed by atoms with Crippen molar-refractivity contribution >= 4 is 38.7 Å². The van der Waals surface area contributed by atoms with Crippen molar-refractivity contribution in [2.24, 2.45) is 0 Å². The van der Waals surface area contributed by atoms with Crippen molar-refractivity contribution in [2.45, 2.75) is 37.0 Å². The van der Waals surface area contributed by atoms with Crippen LogP contribution in [0.1, 0.15) is 31.9 Å². The van der Waals surface area contributed by atoms with E-state index in [0.717, 1.165) is 17.7 Å². The fourth-order valence-electron chi connectivity index (χ4n) is 3.28. The lowest BCUT2D eigenvalue weighted by Crippen LogP contribution is -2.42. The summed E-state index contributed by atoms with van der Waals surface area (Å²) in [6, 6.07) is 8.66. The van der Waals surface area contributed by atoms with E-state index in [9.17, 15) is 8.42 Å². The maximum Gasteiger partial charge on any atom is 0.171 e. The first-order valence-electron chi connectivity index (χ1n) is 9.28. The average molecular weight is 436 g/mol. The summed E-state index contributed by atoms with van der Waals surface area (Å²) in [6.07, 6.45) is 3.18. The van der Waals surface area contributed by atoms with Crippen molar-refractivity contribution in [1.82, 2.24) is 15.3 Å². The lowest BCUT2D eigenvalue weighted by molar-refractivity contribution is 0.264. The highest BCUT2D eigenvalue weighted by Gasteiger charge is 2.49. The number of benzene rings is 1. The van der Waals surface area contributed by atoms with E-state index < -0.39 is 14.6 Å². The van der Waals surface area contributed by atoms with Crippen molar-refractivity contribution in [3.05, 3.63) is 36.0 Å². The van der Waals surface area contributed by atoms with Crippen LogP contribution in [0.4, 0.5) is 11.5 Å². The number of aliphatic hydroxyl groups is 1. The number of rotatable bonds is 6. The number of nitrogen functional groups attached to an aromatic ring is 1. The molecular formula is C19H25N5O3S2. The summed E-state index contributed by atoms with van der Waals surface area (Å²) in [7, 11) is -3.32. The van der Waals surface area contributed by atoms with E-state index >= 15 is 0 Å². The summed E-state index contributed by atoms with van der Waals surface area (Å²) in [6.45, 7) is 1.79. The van der Waals surface area contributed by atoms with Crippen LogP contribution >= 0.6 is 12.2 Å². The minimum Gasteiger partial charge on any atom is -0.394 e. The molecule has 1 aliphatic rings. The van der Waals surface area contributed by atoms with Gasteiger partial charge in [-0.25, -0.2) is 18.4 Å². The molecule has 29 heavy (non-hydrogen) atoms. The largest absolute Gasteiger partial charge is 0.394 e. The number of anilines is 2. The monoisotopic (exact) mass is 435 g/mol. The second-order valence-electron chi connectivity index (χ2n) is 7.38. The Kier molecular flexibility index (Phi) is 6.06. The Morgan fingerprint density at radius 2 is 1.97 bits per heavy atom. The Morgan fingerprint density at radius 1 is 1.31 bits per heavy atom. The van der Waals surface area contributed by atoms with Crippen LogP contribution in [-0.4, -0.2) is 47.5 Å². The van der Waals surface area contributed by atoms with E-state index in [-0.39, 0.29) is 18.5 Å². The molecule has 1 fully saturated rings. The van der Waals surface area contributed by atoms with Gasteiger partial charge in [0.05, 0.1) is 12.3 Å². The minimum absolute atomic E-state index is 0.0230. The number of aromatic nitrogens is 2. The molecule has 0 unspecified atom stereocenters. The maximum absolute atomic E-state index is 12.4. The van der Waals surface area contributed by atoms with Gasteiger partial charge in [-0.2, -0.15) is 0 Å². The molecule has 1 aliphatic carbocycles. The number of nitrogens with two attached hydrogens (primary N) is 1. The van der Waals surface area contributed by atoms with Crippen molar-refractivity contribution in [3.8, 4) is 11.4 Å². The number of nitrogens with one attached hydrogen (secondary N) is 2. The summed E-state index contributed by atoms with van der Waals surface area (Å²) in [5, 5.41) is 15.5. The molecule has 0 spiro atoms. The fraction of sp³-hybridized carbons (Fsp3) is 0.421. The van der Waals surface area contributed by atoms with E-state index in [1.165, 1.54) is 6.26 Å². The van der Waals surface area contributed by atoms with E-state index in [1.54, 1.807) is 6.07 Å². The van der Waals surface area contributed by atoms with Crippen LogP contribution < -0.4 is 16.4 Å². The molecule has 156 valence electrons. The van der Waals surface area contributed by atoms with E-state index in [4.69, 9.17) is 23.1 Å². The third kappa shape index (κ3) is 4.49. The molecule has 0 amide bonds. The molecule has 0 radical (unpaired) electrons. The molecule has 5 N–H and O–H groups in total. The molecule has 1 saturated carbocycles. The number of hydrogen-bond donors (Lipinski definition) is 4. The van der Waals surface area contributed by atoms with E-state index in [0.29, 0.717) is 29.5 Å². The summed E-state index contributed by atoms with van der Waals surface area (Å²) >= 11 is 5.20. The first kappa shape index (κ1) is 21.4. The van der Waals surface area contributed by atoms with Gasteiger partial charge < -0.3 is 21.5 Å². The predicted molar refractivity (Wildman–Crippen MR) is 118 cm³/mol. The Labute approximate surface area is 175 Å². The first-order chi connectivity index (χ1) is 13.6. The molecule has 8 nitrogen and oxygen atoms in total. The molecule has 10 heteroatoms. The second kappa shape index (κ2) is 8.21. The minimum atomic E-state index is -3.32. The third-order valence-corrected chi connectivity index (χ3v) is 7.39. The zero-order valence-electron chi connectivity index (χ0n) is 16.3. The highest BCUT2D eigenvalue weighted by Crippen LogP contribution is 2.47. The van der Waals surface area contributed by atoms with Gasteiger partial charge in [0.2, 0.25) is 0 Å². The third-order valence-electron chi connectivity index (χ3n) is 5.14. The number of thiocarbonyl (C=S) groups is 1. The van der Waals surface area contributed by atoms with Gasteiger partial charge in [-0.1, -0.05) is 0 Å². The lowest BCUT2D eigenvalue weighted by atomic mass is 9.81. The van der Waals surface area contributed by atoms with Gasteiger partial charge in [-0.15, -0.1) is 0 Å². The Bertz CT molecular complexity index is 1010. The smallest absolute Gasteiger partial charge is 0.171 e. The fourth-order valence-corrected chi connectivity index (χ4v) is 5.12. The summed E-state index contributed by atoms with van der Waals surface area (Å²) in [5.41, 5.74) is 7.90. The predicted octanol–water partition coefficient (Wildman–Crippen LogP) is 1.82. The molecule has 0 saturated heterocycles. The summed E-state index contributed by atoms with van der Waals surface area (Å²) in [4.78, 5) is 8.83. The van der Waals surface area contributed by atoms with Crippen LogP contribution in [0, 0.1) is 0 Å². The van der Waals surface area contributed by atoms with Gasteiger partial charge in [0.1, 0.15) is 10.6 Å². The van der Waals surface area contributed by atoms with Gasteiger partial charge in [-0.3, -0.25) is 0 Å². The highest BCUT2D eigenvalue weighted by molar-refractivity contribution is 7.91. The first-order valence-corrected chi connectivity index (χ1v) is 11.6. The molecule has 1 aromatic heterocycles. The normalized spacial score (nSPS) is 16.5. The summed E-state index contributed by atoms with van der Waals surface area (Å²) < 4.78 is 23.8. The number of hydrogen-bond acceptors (Lipinski definition) is 7. The average Bonchev–Trinajstić information content (AvgIpc) is 2.59. The second-order valence-corrected chi connectivity index (χ2v) is 10.1. The number of aliphatic hydroxyl groups excluding tert-OH is 1. The van der Waals surface area contributed by atoms with Crippen LogP contribution in [0.3, 0.4) is 0 Å². The maximum atomic E-state index is 12.4.